The molecule has 0 spiro atoms. The van der Waals surface area contributed by atoms with E-state index in [1.54, 1.807) is 6.20 Å². The van der Waals surface area contributed by atoms with Crippen LogP contribution in [0.15, 0.2) is 53.6 Å². The van der Waals surface area contributed by atoms with Gasteiger partial charge in [-0.1, -0.05) is 0 Å². The average Bonchev–Trinajstić information content (AvgIpc) is 2.74. The van der Waals surface area contributed by atoms with Gasteiger partial charge in [0.1, 0.15) is 5.82 Å². The van der Waals surface area contributed by atoms with Crippen molar-refractivity contribution in [1.82, 2.24) is 19.3 Å². The van der Waals surface area contributed by atoms with Crippen molar-refractivity contribution < 1.29 is 12.8 Å². The van der Waals surface area contributed by atoms with Crippen LogP contribution in [0.2, 0.25) is 0 Å². The molecule has 0 unspecified atom stereocenters. The maximum atomic E-state index is 13.1. The number of hydrogen-bond donors (Lipinski definition) is 1. The van der Waals surface area contributed by atoms with Crippen molar-refractivity contribution in [3.63, 3.8) is 0 Å². The zero-order valence-electron chi connectivity index (χ0n) is 17.4. The number of hydrogen-bond acceptors (Lipinski definition) is 6. The van der Waals surface area contributed by atoms with Gasteiger partial charge < -0.3 is 5.32 Å². The number of pyridine rings is 1. The second kappa shape index (κ2) is 8.68. The topological polar surface area (TPSA) is 88.1 Å². The number of anilines is 2. The minimum absolute atomic E-state index is 0.120. The van der Waals surface area contributed by atoms with Crippen LogP contribution >= 0.6 is 0 Å². The number of piperidine rings is 1. The Labute approximate surface area is 181 Å². The SMILES string of the molecule is Cc1cc(C)nc(Nc2ccc(C3CCN(S(=O)(=O)c4ccc(F)cc4)CC3)nc2)n1. The summed E-state index contributed by atoms with van der Waals surface area (Å²) in [5, 5.41) is 3.17. The maximum Gasteiger partial charge on any atom is 0.243 e. The molecule has 0 radical (unpaired) electrons. The van der Waals surface area contributed by atoms with Crippen LogP contribution in [0.1, 0.15) is 35.8 Å². The molecule has 7 nitrogen and oxygen atoms in total. The number of nitrogens with zero attached hydrogens (tertiary/aromatic N) is 4. The number of aromatic nitrogens is 3. The van der Waals surface area contributed by atoms with E-state index in [9.17, 15) is 12.8 Å². The smallest absolute Gasteiger partial charge is 0.243 e. The van der Waals surface area contributed by atoms with Gasteiger partial charge in [-0.15, -0.1) is 0 Å². The molecule has 4 rings (SSSR count). The van der Waals surface area contributed by atoms with Gasteiger partial charge in [0, 0.05) is 36.1 Å². The first-order chi connectivity index (χ1) is 14.8. The zero-order valence-corrected chi connectivity index (χ0v) is 18.2. The normalized spacial score (nSPS) is 15.7. The van der Waals surface area contributed by atoms with Gasteiger partial charge in [0.05, 0.1) is 16.8 Å². The first kappa shape index (κ1) is 21.3. The highest BCUT2D eigenvalue weighted by molar-refractivity contribution is 7.89. The Morgan fingerprint density at radius 3 is 2.23 bits per heavy atom. The van der Waals surface area contributed by atoms with E-state index in [2.05, 4.69) is 20.3 Å². The lowest BCUT2D eigenvalue weighted by Crippen LogP contribution is -2.38. The summed E-state index contributed by atoms with van der Waals surface area (Å²) in [7, 11) is -3.61. The van der Waals surface area contributed by atoms with Crippen LogP contribution in [-0.2, 0) is 10.0 Å². The Morgan fingerprint density at radius 1 is 1.00 bits per heavy atom. The fraction of sp³-hybridized carbons (Fsp3) is 0.318. The lowest BCUT2D eigenvalue weighted by molar-refractivity contribution is 0.316. The second-order valence-electron chi connectivity index (χ2n) is 7.70. The van der Waals surface area contributed by atoms with Gasteiger partial charge in [0.25, 0.3) is 0 Å². The van der Waals surface area contributed by atoms with Gasteiger partial charge in [-0.2, -0.15) is 4.31 Å². The molecular formula is C22H24FN5O2S. The van der Waals surface area contributed by atoms with Crippen LogP contribution in [-0.4, -0.2) is 40.8 Å². The van der Waals surface area contributed by atoms with E-state index in [1.807, 2.05) is 32.0 Å². The number of sulfonamides is 1. The van der Waals surface area contributed by atoms with Crippen molar-refractivity contribution in [1.29, 1.82) is 0 Å². The van der Waals surface area contributed by atoms with Crippen molar-refractivity contribution in [3.05, 3.63) is 71.6 Å². The predicted octanol–water partition coefficient (Wildman–Crippen LogP) is 3.94. The summed E-state index contributed by atoms with van der Waals surface area (Å²) in [6.07, 6.45) is 3.11. The molecule has 1 aliphatic rings. The van der Waals surface area contributed by atoms with Crippen molar-refractivity contribution in [2.24, 2.45) is 0 Å². The monoisotopic (exact) mass is 441 g/mol. The molecule has 1 aliphatic heterocycles. The molecule has 3 aromatic rings. The molecular weight excluding hydrogens is 417 g/mol. The molecule has 0 saturated carbocycles. The lowest BCUT2D eigenvalue weighted by Gasteiger charge is -2.31. The summed E-state index contributed by atoms with van der Waals surface area (Å²) in [6, 6.07) is 10.8. The van der Waals surface area contributed by atoms with Crippen LogP contribution in [0.5, 0.6) is 0 Å². The first-order valence-corrected chi connectivity index (χ1v) is 11.6. The lowest BCUT2D eigenvalue weighted by atomic mass is 9.94. The highest BCUT2D eigenvalue weighted by Gasteiger charge is 2.30. The third-order valence-corrected chi connectivity index (χ3v) is 7.26. The summed E-state index contributed by atoms with van der Waals surface area (Å²) >= 11 is 0. The number of aryl methyl sites for hydroxylation is 2. The van der Waals surface area contributed by atoms with Crippen LogP contribution in [0.3, 0.4) is 0 Å². The van der Waals surface area contributed by atoms with Gasteiger partial charge in [0.15, 0.2) is 0 Å². The van der Waals surface area contributed by atoms with E-state index in [0.29, 0.717) is 31.9 Å². The molecule has 3 heterocycles. The maximum absolute atomic E-state index is 13.1. The zero-order chi connectivity index (χ0) is 22.0. The third kappa shape index (κ3) is 4.88. The average molecular weight is 442 g/mol. The first-order valence-electron chi connectivity index (χ1n) is 10.1. The minimum atomic E-state index is -3.61. The molecule has 31 heavy (non-hydrogen) atoms. The Balaban J connectivity index is 1.39. The molecule has 0 atom stereocenters. The molecule has 0 bridgehead atoms. The molecule has 9 heteroatoms. The largest absolute Gasteiger partial charge is 0.323 e. The Kier molecular flexibility index (Phi) is 5.97. The van der Waals surface area contributed by atoms with Crippen LogP contribution < -0.4 is 5.32 Å². The summed E-state index contributed by atoms with van der Waals surface area (Å²) < 4.78 is 40.1. The van der Waals surface area contributed by atoms with Crippen LogP contribution in [0, 0.1) is 19.7 Å². The van der Waals surface area contributed by atoms with Gasteiger partial charge in [0.2, 0.25) is 16.0 Å². The van der Waals surface area contributed by atoms with Gasteiger partial charge in [-0.25, -0.2) is 22.8 Å². The van der Waals surface area contributed by atoms with E-state index in [1.165, 1.54) is 28.6 Å². The molecule has 1 saturated heterocycles. The summed E-state index contributed by atoms with van der Waals surface area (Å²) in [4.78, 5) is 13.4. The number of benzene rings is 1. The highest BCUT2D eigenvalue weighted by Crippen LogP contribution is 2.30. The molecule has 1 fully saturated rings. The van der Waals surface area contributed by atoms with Gasteiger partial charge >= 0.3 is 0 Å². The van der Waals surface area contributed by atoms with Crippen molar-refractivity contribution in [2.45, 2.75) is 37.5 Å². The van der Waals surface area contributed by atoms with E-state index in [-0.39, 0.29) is 10.8 Å². The summed E-state index contributed by atoms with van der Waals surface area (Å²) in [5.74, 6) is 0.267. The molecule has 0 aliphatic carbocycles. The molecule has 2 aromatic heterocycles. The Bertz CT molecular complexity index is 1140. The van der Waals surface area contributed by atoms with Crippen molar-refractivity contribution >= 4 is 21.7 Å². The van der Waals surface area contributed by atoms with Crippen molar-refractivity contribution in [3.8, 4) is 0 Å². The molecule has 0 amide bonds. The van der Waals surface area contributed by atoms with E-state index in [4.69, 9.17) is 0 Å². The quantitative estimate of drug-likeness (QED) is 0.645. The highest BCUT2D eigenvalue weighted by atomic mass is 32.2. The third-order valence-electron chi connectivity index (χ3n) is 5.35. The predicted molar refractivity (Wildman–Crippen MR) is 116 cm³/mol. The fourth-order valence-electron chi connectivity index (χ4n) is 3.78. The molecule has 1 N–H and O–H groups in total. The van der Waals surface area contributed by atoms with Gasteiger partial charge in [-0.3, -0.25) is 4.98 Å². The molecule has 1 aromatic carbocycles. The Morgan fingerprint density at radius 2 is 1.65 bits per heavy atom. The van der Waals surface area contributed by atoms with Crippen molar-refractivity contribution in [2.75, 3.05) is 18.4 Å². The number of nitrogens with one attached hydrogen (secondary N) is 1. The summed E-state index contributed by atoms with van der Waals surface area (Å²) in [5.41, 5.74) is 3.51. The van der Waals surface area contributed by atoms with E-state index < -0.39 is 15.8 Å². The Hall–Kier alpha value is -2.91. The number of rotatable bonds is 5. The van der Waals surface area contributed by atoms with Crippen LogP contribution in [0.4, 0.5) is 16.0 Å². The van der Waals surface area contributed by atoms with E-state index in [0.717, 1.165) is 22.8 Å². The second-order valence-corrected chi connectivity index (χ2v) is 9.64. The fourth-order valence-corrected chi connectivity index (χ4v) is 5.25. The van der Waals surface area contributed by atoms with Crippen LogP contribution in [0.25, 0.3) is 0 Å². The summed E-state index contributed by atoms with van der Waals surface area (Å²) in [6.45, 7) is 4.65. The van der Waals surface area contributed by atoms with E-state index >= 15 is 0 Å². The minimum Gasteiger partial charge on any atom is -0.323 e. The standard InChI is InChI=1S/C22H24FN5O2S/c1-15-13-16(2)26-22(25-15)27-19-5-8-21(24-14-19)17-9-11-28(12-10-17)31(29,30)20-6-3-18(23)4-7-20/h3-8,13-14,17H,9-12H2,1-2H3,(H,25,26,27). The number of halogens is 1. The van der Waals surface area contributed by atoms with Gasteiger partial charge in [-0.05, 0) is 69.2 Å². The molecule has 162 valence electrons.